The fourth-order valence-corrected chi connectivity index (χ4v) is 3.70. The second kappa shape index (κ2) is 9.65. The molecule has 1 N–H and O–H groups in total. The molecule has 2 amide bonds. The van der Waals surface area contributed by atoms with Crippen LogP contribution in [0.1, 0.15) is 35.2 Å². The van der Waals surface area contributed by atoms with Gasteiger partial charge in [-0.1, -0.05) is 30.3 Å². The van der Waals surface area contributed by atoms with Crippen LogP contribution < -0.4 is 5.32 Å². The number of anilines is 1. The zero-order valence-electron chi connectivity index (χ0n) is 17.0. The van der Waals surface area contributed by atoms with Crippen LogP contribution in [0.15, 0.2) is 48.5 Å². The highest BCUT2D eigenvalue weighted by molar-refractivity contribution is 5.97. The topological polar surface area (TPSA) is 52.6 Å². The van der Waals surface area contributed by atoms with Gasteiger partial charge in [0, 0.05) is 37.3 Å². The smallest absolute Gasteiger partial charge is 0.254 e. The second-order valence-corrected chi connectivity index (χ2v) is 7.74. The van der Waals surface area contributed by atoms with Gasteiger partial charge in [0.1, 0.15) is 5.82 Å². The van der Waals surface area contributed by atoms with Gasteiger partial charge in [0.2, 0.25) is 5.91 Å². The lowest BCUT2D eigenvalue weighted by molar-refractivity contribution is -0.116. The summed E-state index contributed by atoms with van der Waals surface area (Å²) >= 11 is 0. The summed E-state index contributed by atoms with van der Waals surface area (Å²) < 4.78 is 14.1. The molecule has 0 bridgehead atoms. The molecule has 154 valence electrons. The molecule has 3 rings (SSSR count). The van der Waals surface area contributed by atoms with Gasteiger partial charge in [0.25, 0.3) is 5.91 Å². The Morgan fingerprint density at radius 1 is 1.21 bits per heavy atom. The highest BCUT2D eigenvalue weighted by Gasteiger charge is 2.27. The van der Waals surface area contributed by atoms with Crippen molar-refractivity contribution < 1.29 is 14.0 Å². The molecule has 1 aliphatic heterocycles. The minimum Gasteiger partial charge on any atom is -0.337 e. The Morgan fingerprint density at radius 3 is 2.66 bits per heavy atom. The van der Waals surface area contributed by atoms with Crippen LogP contribution >= 0.6 is 0 Å². The van der Waals surface area contributed by atoms with Crippen LogP contribution in [-0.2, 0) is 11.2 Å². The number of benzene rings is 2. The van der Waals surface area contributed by atoms with Crippen molar-refractivity contribution in [2.45, 2.75) is 31.7 Å². The molecule has 1 saturated heterocycles. The zero-order chi connectivity index (χ0) is 20.8. The third kappa shape index (κ3) is 5.87. The van der Waals surface area contributed by atoms with Crippen LogP contribution in [0.2, 0.25) is 0 Å². The maximum absolute atomic E-state index is 14.1. The van der Waals surface area contributed by atoms with E-state index in [1.54, 1.807) is 18.0 Å². The summed E-state index contributed by atoms with van der Waals surface area (Å²) in [4.78, 5) is 28.9. The average molecular weight is 397 g/mol. The summed E-state index contributed by atoms with van der Waals surface area (Å²) in [5, 5.41) is 2.72. The summed E-state index contributed by atoms with van der Waals surface area (Å²) in [5.74, 6) is -0.951. The second-order valence-electron chi connectivity index (χ2n) is 7.74. The van der Waals surface area contributed by atoms with Gasteiger partial charge in [0.15, 0.2) is 0 Å². The van der Waals surface area contributed by atoms with Gasteiger partial charge in [-0.05, 0) is 56.6 Å². The van der Waals surface area contributed by atoms with Gasteiger partial charge in [-0.15, -0.1) is 0 Å². The number of amides is 2. The normalized spacial score (nSPS) is 16.6. The third-order valence-corrected chi connectivity index (χ3v) is 5.38. The van der Waals surface area contributed by atoms with E-state index >= 15 is 0 Å². The Bertz CT molecular complexity index is 856. The van der Waals surface area contributed by atoms with Gasteiger partial charge >= 0.3 is 0 Å². The molecule has 0 aromatic heterocycles. The van der Waals surface area contributed by atoms with Crippen molar-refractivity contribution in [1.82, 2.24) is 9.80 Å². The fourth-order valence-electron chi connectivity index (χ4n) is 3.70. The number of likely N-dealkylation sites (tertiary alicyclic amines) is 1. The van der Waals surface area contributed by atoms with Gasteiger partial charge in [-0.2, -0.15) is 0 Å². The lowest BCUT2D eigenvalue weighted by Crippen LogP contribution is -2.38. The minimum atomic E-state index is -0.535. The number of carbonyl (C=O) groups is 2. The summed E-state index contributed by atoms with van der Waals surface area (Å²) in [6, 6.07) is 14.1. The number of carbonyl (C=O) groups excluding carboxylic acids is 2. The Labute approximate surface area is 171 Å². The highest BCUT2D eigenvalue weighted by Crippen LogP contribution is 2.19. The van der Waals surface area contributed by atoms with E-state index < -0.39 is 5.82 Å². The first-order valence-corrected chi connectivity index (χ1v) is 10.0. The van der Waals surface area contributed by atoms with Crippen LogP contribution in [0.3, 0.4) is 0 Å². The molecule has 6 heteroatoms. The Kier molecular flexibility index (Phi) is 6.99. The van der Waals surface area contributed by atoms with Gasteiger partial charge < -0.3 is 15.1 Å². The molecule has 1 unspecified atom stereocenters. The first kappa shape index (κ1) is 21.0. The maximum atomic E-state index is 14.1. The number of rotatable bonds is 7. The van der Waals surface area contributed by atoms with Gasteiger partial charge in [-0.25, -0.2) is 4.39 Å². The van der Waals surface area contributed by atoms with E-state index in [0.717, 1.165) is 25.9 Å². The van der Waals surface area contributed by atoms with Crippen molar-refractivity contribution >= 4 is 17.5 Å². The van der Waals surface area contributed by atoms with E-state index in [2.05, 4.69) is 10.2 Å². The van der Waals surface area contributed by atoms with Crippen LogP contribution in [0.5, 0.6) is 0 Å². The standard InChI is InChI=1S/C23H28FN3O2/c1-26-12-11-21(16-26)27(2)23(29)18-13-19(24)15-20(14-18)25-22(28)10-6-9-17-7-4-3-5-8-17/h3-5,7-8,13-15,21H,6,9-12,16H2,1-2H3,(H,25,28). The fraction of sp³-hybridized carbons (Fsp3) is 0.391. The summed E-state index contributed by atoms with van der Waals surface area (Å²) in [6.07, 6.45) is 2.75. The number of hydrogen-bond donors (Lipinski definition) is 1. The SMILES string of the molecule is CN1CCC(N(C)C(=O)c2cc(F)cc(NC(=O)CCCc3ccccc3)c2)C1. The number of nitrogens with one attached hydrogen (secondary N) is 1. The van der Waals surface area contributed by atoms with Crippen LogP contribution in [0.4, 0.5) is 10.1 Å². The molecule has 0 radical (unpaired) electrons. The largest absolute Gasteiger partial charge is 0.337 e. The van der Waals surface area contributed by atoms with Crippen molar-refractivity contribution in [2.75, 3.05) is 32.5 Å². The van der Waals surface area contributed by atoms with E-state index in [-0.39, 0.29) is 23.4 Å². The molecule has 2 aromatic rings. The molecule has 2 aromatic carbocycles. The molecule has 1 fully saturated rings. The first-order chi connectivity index (χ1) is 13.9. The van der Waals surface area contributed by atoms with Crippen LogP contribution in [0, 0.1) is 5.82 Å². The number of nitrogens with zero attached hydrogens (tertiary/aromatic N) is 2. The summed E-state index contributed by atoms with van der Waals surface area (Å²) in [6.45, 7) is 1.75. The molecule has 0 spiro atoms. The number of likely N-dealkylation sites (N-methyl/N-ethyl adjacent to an activating group) is 2. The molecule has 29 heavy (non-hydrogen) atoms. The lowest BCUT2D eigenvalue weighted by atomic mass is 10.1. The van der Waals surface area contributed by atoms with Crippen LogP contribution in [0.25, 0.3) is 0 Å². The average Bonchev–Trinajstić information content (AvgIpc) is 3.13. The predicted molar refractivity (Wildman–Crippen MR) is 112 cm³/mol. The van der Waals surface area contributed by atoms with Crippen molar-refractivity contribution in [3.63, 3.8) is 0 Å². The van der Waals surface area contributed by atoms with E-state index in [0.29, 0.717) is 18.5 Å². The zero-order valence-corrected chi connectivity index (χ0v) is 17.0. The molecule has 5 nitrogen and oxygen atoms in total. The number of halogens is 1. The minimum absolute atomic E-state index is 0.117. The third-order valence-electron chi connectivity index (χ3n) is 5.38. The van der Waals surface area contributed by atoms with Gasteiger partial charge in [0.05, 0.1) is 0 Å². The number of aryl methyl sites for hydroxylation is 1. The molecule has 1 atom stereocenters. The van der Waals surface area contributed by atoms with Crippen molar-refractivity contribution in [2.24, 2.45) is 0 Å². The highest BCUT2D eigenvalue weighted by atomic mass is 19.1. The van der Waals surface area contributed by atoms with Gasteiger partial charge in [-0.3, -0.25) is 9.59 Å². The van der Waals surface area contributed by atoms with Crippen molar-refractivity contribution in [1.29, 1.82) is 0 Å². The lowest BCUT2D eigenvalue weighted by Gasteiger charge is -2.24. The van der Waals surface area contributed by atoms with E-state index in [1.165, 1.54) is 17.7 Å². The van der Waals surface area contributed by atoms with Crippen molar-refractivity contribution in [3.8, 4) is 0 Å². The molecule has 1 aliphatic rings. The number of hydrogen-bond acceptors (Lipinski definition) is 3. The van der Waals surface area contributed by atoms with Crippen LogP contribution in [-0.4, -0.2) is 54.8 Å². The molecular weight excluding hydrogens is 369 g/mol. The Balaban J connectivity index is 1.58. The Morgan fingerprint density at radius 2 is 1.97 bits per heavy atom. The summed E-state index contributed by atoms with van der Waals surface area (Å²) in [5.41, 5.74) is 1.75. The Hall–Kier alpha value is -2.73. The van der Waals surface area contributed by atoms with E-state index in [1.807, 2.05) is 37.4 Å². The van der Waals surface area contributed by atoms with E-state index in [9.17, 15) is 14.0 Å². The first-order valence-electron chi connectivity index (χ1n) is 10.0. The molecule has 0 aliphatic carbocycles. The maximum Gasteiger partial charge on any atom is 0.254 e. The van der Waals surface area contributed by atoms with E-state index in [4.69, 9.17) is 0 Å². The quantitative estimate of drug-likeness (QED) is 0.777. The molecular formula is C23H28FN3O2. The predicted octanol–water partition coefficient (Wildman–Crippen LogP) is 3.56. The summed E-state index contributed by atoms with van der Waals surface area (Å²) in [7, 11) is 3.77. The molecule has 0 saturated carbocycles. The van der Waals surface area contributed by atoms with Crippen molar-refractivity contribution in [3.05, 3.63) is 65.5 Å². The monoisotopic (exact) mass is 397 g/mol. The molecule has 1 heterocycles.